The van der Waals surface area contributed by atoms with Crippen LogP contribution in [0.4, 0.5) is 4.39 Å². The van der Waals surface area contributed by atoms with Crippen molar-refractivity contribution in [1.29, 1.82) is 0 Å². The van der Waals surface area contributed by atoms with Gasteiger partial charge in [0.05, 0.1) is 17.2 Å². The molecule has 7 heteroatoms. The summed E-state index contributed by atoms with van der Waals surface area (Å²) in [6, 6.07) is 13.7. The van der Waals surface area contributed by atoms with Crippen LogP contribution in [0.25, 0.3) is 11.0 Å². The summed E-state index contributed by atoms with van der Waals surface area (Å²) in [5.74, 6) is -0.246. The van der Waals surface area contributed by atoms with Gasteiger partial charge in [-0.2, -0.15) is 0 Å². The van der Waals surface area contributed by atoms with Gasteiger partial charge in [0.15, 0.2) is 5.78 Å². The predicted molar refractivity (Wildman–Crippen MR) is 128 cm³/mol. The first-order valence-electron chi connectivity index (χ1n) is 12.1. The maximum absolute atomic E-state index is 13.2. The number of piperidine rings is 1. The molecule has 0 saturated carbocycles. The third-order valence-corrected chi connectivity index (χ3v) is 7.17. The van der Waals surface area contributed by atoms with E-state index in [1.54, 1.807) is 18.3 Å². The molecule has 1 atom stereocenters. The third-order valence-electron chi connectivity index (χ3n) is 7.17. The summed E-state index contributed by atoms with van der Waals surface area (Å²) in [5.41, 5.74) is 2.53. The molecule has 0 aliphatic carbocycles. The summed E-state index contributed by atoms with van der Waals surface area (Å²) in [4.78, 5) is 39.2. The molecule has 2 saturated heterocycles. The normalized spacial score (nSPS) is 19.6. The Morgan fingerprint density at radius 2 is 1.68 bits per heavy atom. The van der Waals surface area contributed by atoms with E-state index in [1.165, 1.54) is 12.1 Å². The van der Waals surface area contributed by atoms with Crippen LogP contribution in [0, 0.1) is 11.7 Å². The summed E-state index contributed by atoms with van der Waals surface area (Å²) in [6.45, 7) is 3.41. The monoisotopic (exact) mass is 460 g/mol. The fraction of sp³-hybridized carbons (Fsp3) is 0.407. The van der Waals surface area contributed by atoms with Crippen molar-refractivity contribution in [1.82, 2.24) is 19.8 Å². The number of hydrogen-bond donors (Lipinski definition) is 0. The number of likely N-dealkylation sites (tertiary alicyclic amines) is 2. The molecule has 176 valence electrons. The number of rotatable bonds is 6. The molecule has 3 aromatic rings. The smallest absolute Gasteiger partial charge is 0.274 e. The Hall–Kier alpha value is -3.19. The van der Waals surface area contributed by atoms with Gasteiger partial charge in [0.1, 0.15) is 11.5 Å². The van der Waals surface area contributed by atoms with Crippen molar-refractivity contribution in [2.24, 2.45) is 5.92 Å². The number of fused-ring (bicyclic) bond motifs is 1. The molecule has 0 spiro atoms. The van der Waals surface area contributed by atoms with E-state index in [4.69, 9.17) is 0 Å². The Bertz CT molecular complexity index is 1170. The van der Waals surface area contributed by atoms with Crippen LogP contribution in [0.3, 0.4) is 0 Å². The van der Waals surface area contributed by atoms with E-state index in [1.807, 2.05) is 29.2 Å². The third kappa shape index (κ3) is 4.85. The second-order valence-electron chi connectivity index (χ2n) is 9.31. The lowest BCUT2D eigenvalue weighted by Gasteiger charge is -2.33. The van der Waals surface area contributed by atoms with E-state index in [2.05, 4.69) is 14.9 Å². The molecular formula is C27H29FN4O2. The van der Waals surface area contributed by atoms with Crippen LogP contribution in [0.2, 0.25) is 0 Å². The van der Waals surface area contributed by atoms with Gasteiger partial charge >= 0.3 is 0 Å². The van der Waals surface area contributed by atoms with Gasteiger partial charge in [-0.3, -0.25) is 14.6 Å². The topological polar surface area (TPSA) is 66.4 Å². The van der Waals surface area contributed by atoms with Crippen molar-refractivity contribution in [3.63, 3.8) is 0 Å². The molecule has 0 radical (unpaired) electrons. The minimum atomic E-state index is -0.321. The lowest BCUT2D eigenvalue weighted by atomic mass is 9.88. The molecule has 3 heterocycles. The molecule has 5 rings (SSSR count). The molecule has 6 nitrogen and oxygen atoms in total. The number of benzene rings is 2. The Labute approximate surface area is 198 Å². The van der Waals surface area contributed by atoms with Gasteiger partial charge in [-0.25, -0.2) is 9.37 Å². The van der Waals surface area contributed by atoms with Gasteiger partial charge < -0.3 is 9.80 Å². The van der Waals surface area contributed by atoms with E-state index in [-0.39, 0.29) is 29.5 Å². The van der Waals surface area contributed by atoms with Gasteiger partial charge in [0, 0.05) is 30.6 Å². The zero-order valence-electron chi connectivity index (χ0n) is 19.2. The Balaban J connectivity index is 1.14. The van der Waals surface area contributed by atoms with Crippen molar-refractivity contribution in [3.8, 4) is 0 Å². The average Bonchev–Trinajstić information content (AvgIpc) is 3.36. The highest BCUT2D eigenvalue weighted by Crippen LogP contribution is 2.26. The Morgan fingerprint density at radius 3 is 2.44 bits per heavy atom. The van der Waals surface area contributed by atoms with Crippen molar-refractivity contribution in [3.05, 3.63) is 71.8 Å². The fourth-order valence-corrected chi connectivity index (χ4v) is 5.21. The highest BCUT2D eigenvalue weighted by atomic mass is 19.1. The first kappa shape index (κ1) is 22.6. The van der Waals surface area contributed by atoms with Crippen molar-refractivity contribution >= 4 is 22.7 Å². The van der Waals surface area contributed by atoms with Crippen LogP contribution in [0.1, 0.15) is 53.0 Å². The van der Waals surface area contributed by atoms with E-state index in [0.717, 1.165) is 69.3 Å². The van der Waals surface area contributed by atoms with Gasteiger partial charge in [-0.1, -0.05) is 12.1 Å². The highest BCUT2D eigenvalue weighted by molar-refractivity contribution is 5.98. The van der Waals surface area contributed by atoms with Crippen LogP contribution < -0.4 is 0 Å². The molecule has 2 aromatic carbocycles. The maximum Gasteiger partial charge on any atom is 0.274 e. The van der Waals surface area contributed by atoms with Crippen LogP contribution in [0.5, 0.6) is 0 Å². The van der Waals surface area contributed by atoms with Gasteiger partial charge in [0.2, 0.25) is 0 Å². The number of aromatic nitrogens is 2. The molecule has 2 fully saturated rings. The van der Waals surface area contributed by atoms with Crippen molar-refractivity contribution in [2.75, 3.05) is 26.2 Å². The second-order valence-corrected chi connectivity index (χ2v) is 9.31. The fourth-order valence-electron chi connectivity index (χ4n) is 5.21. The summed E-state index contributed by atoms with van der Waals surface area (Å²) in [5, 5.41) is 0. The maximum atomic E-state index is 13.2. The van der Waals surface area contributed by atoms with E-state index >= 15 is 0 Å². The lowest BCUT2D eigenvalue weighted by molar-refractivity contribution is 0.0699. The zero-order chi connectivity index (χ0) is 23.5. The zero-order valence-corrected chi connectivity index (χ0v) is 19.2. The average molecular weight is 461 g/mol. The van der Waals surface area contributed by atoms with Crippen LogP contribution in [-0.2, 0) is 0 Å². The quantitative estimate of drug-likeness (QED) is 0.512. The number of hydrogen-bond acceptors (Lipinski definition) is 5. The predicted octanol–water partition coefficient (Wildman–Crippen LogP) is 4.36. The molecule has 1 aromatic heterocycles. The number of halogens is 1. The summed E-state index contributed by atoms with van der Waals surface area (Å²) in [6.07, 6.45) is 6.15. The highest BCUT2D eigenvalue weighted by Gasteiger charge is 2.31. The van der Waals surface area contributed by atoms with E-state index in [9.17, 15) is 14.0 Å². The standard InChI is InChI=1S/C27H29FN4O2/c28-21-9-7-19(8-10-21)26(33)20-11-15-31(16-12-20)17-13-22-4-3-14-32(22)27(34)25-18-29-23-5-1-2-6-24(23)30-25/h1-2,5-10,18,20,22H,3-4,11-17H2/t22-/m0/s1. The van der Waals surface area contributed by atoms with Gasteiger partial charge in [-0.15, -0.1) is 0 Å². The van der Waals surface area contributed by atoms with Crippen molar-refractivity contribution in [2.45, 2.75) is 38.1 Å². The van der Waals surface area contributed by atoms with Crippen molar-refractivity contribution < 1.29 is 14.0 Å². The van der Waals surface area contributed by atoms with E-state index in [0.29, 0.717) is 11.3 Å². The molecule has 0 unspecified atom stereocenters. The van der Waals surface area contributed by atoms with Crippen LogP contribution in [-0.4, -0.2) is 63.7 Å². The minimum absolute atomic E-state index is 0.00209. The largest absolute Gasteiger partial charge is 0.334 e. The Morgan fingerprint density at radius 1 is 0.941 bits per heavy atom. The summed E-state index contributed by atoms with van der Waals surface area (Å²) in [7, 11) is 0. The molecule has 0 N–H and O–H groups in total. The SMILES string of the molecule is O=C(c1ccc(F)cc1)C1CCN(CC[C@@H]2CCCN2C(=O)c2cnc3ccccc3n2)CC1. The molecule has 0 bridgehead atoms. The van der Waals surface area contributed by atoms with Crippen LogP contribution in [0.15, 0.2) is 54.7 Å². The summed E-state index contributed by atoms with van der Waals surface area (Å²) < 4.78 is 13.1. The lowest BCUT2D eigenvalue weighted by Crippen LogP contribution is -2.41. The molecule has 1 amide bonds. The number of Topliss-reactive ketones (excluding diaryl/α,β-unsaturated/α-hetero) is 1. The van der Waals surface area contributed by atoms with E-state index < -0.39 is 0 Å². The number of carbonyl (C=O) groups is 2. The second kappa shape index (κ2) is 9.97. The number of ketones is 1. The number of para-hydroxylation sites is 2. The minimum Gasteiger partial charge on any atom is -0.334 e. The molecule has 2 aliphatic heterocycles. The first-order chi connectivity index (χ1) is 16.6. The molecular weight excluding hydrogens is 431 g/mol. The molecule has 34 heavy (non-hydrogen) atoms. The Kier molecular flexibility index (Phi) is 6.63. The number of nitrogens with zero attached hydrogens (tertiary/aromatic N) is 4. The molecule has 2 aliphatic rings. The van der Waals surface area contributed by atoms with Crippen LogP contribution >= 0.6 is 0 Å². The first-order valence-corrected chi connectivity index (χ1v) is 12.1. The number of amides is 1. The van der Waals surface area contributed by atoms with Gasteiger partial charge in [0.25, 0.3) is 5.91 Å². The number of carbonyl (C=O) groups excluding carboxylic acids is 2. The summed E-state index contributed by atoms with van der Waals surface area (Å²) >= 11 is 0. The van der Waals surface area contributed by atoms with Gasteiger partial charge in [-0.05, 0) is 81.6 Å².